The first-order valence-corrected chi connectivity index (χ1v) is 5.72. The molecule has 0 aliphatic heterocycles. The van der Waals surface area contributed by atoms with Gasteiger partial charge in [0.1, 0.15) is 12.3 Å². The summed E-state index contributed by atoms with van der Waals surface area (Å²) in [5.74, 6) is 1.51. The van der Waals surface area contributed by atoms with E-state index in [4.69, 9.17) is 4.74 Å². The number of para-hydroxylation sites is 1. The van der Waals surface area contributed by atoms with Gasteiger partial charge in [-0.2, -0.15) is 0 Å². The van der Waals surface area contributed by atoms with E-state index >= 15 is 0 Å². The van der Waals surface area contributed by atoms with Crippen LogP contribution < -0.4 is 15.0 Å². The van der Waals surface area contributed by atoms with Gasteiger partial charge in [-0.25, -0.2) is 4.98 Å². The van der Waals surface area contributed by atoms with Crippen LogP contribution in [0.4, 0.5) is 11.5 Å². The summed E-state index contributed by atoms with van der Waals surface area (Å²) in [5.41, 5.74) is 1.04. The van der Waals surface area contributed by atoms with Gasteiger partial charge in [-0.05, 0) is 6.07 Å². The number of methoxy groups -OCH3 is 1. The summed E-state index contributed by atoms with van der Waals surface area (Å²) in [6.45, 7) is 0.568. The molecule has 2 rings (SSSR count). The van der Waals surface area contributed by atoms with E-state index in [9.17, 15) is 10.1 Å². The van der Waals surface area contributed by atoms with Gasteiger partial charge in [-0.3, -0.25) is 15.4 Å². The molecule has 0 atom stereocenters. The van der Waals surface area contributed by atoms with Crippen LogP contribution >= 0.6 is 0 Å². The number of benzene rings is 1. The van der Waals surface area contributed by atoms with Crippen LogP contribution in [-0.2, 0) is 6.54 Å². The lowest BCUT2D eigenvalue weighted by molar-refractivity contribution is -0.413. The molecule has 98 valence electrons. The molecule has 1 aromatic carbocycles. The molecule has 2 aromatic rings. The quantitative estimate of drug-likeness (QED) is 0.659. The molecule has 0 unspecified atom stereocenters. The van der Waals surface area contributed by atoms with Crippen LogP contribution in [-0.4, -0.2) is 12.0 Å². The van der Waals surface area contributed by atoms with Gasteiger partial charge in [0.15, 0.2) is 6.20 Å². The fourth-order valence-corrected chi connectivity index (χ4v) is 1.68. The highest BCUT2D eigenvalue weighted by Crippen LogP contribution is 2.18. The zero-order valence-electron chi connectivity index (χ0n) is 10.4. The van der Waals surface area contributed by atoms with Gasteiger partial charge >= 0.3 is 5.69 Å². The minimum atomic E-state index is -0.444. The van der Waals surface area contributed by atoms with E-state index < -0.39 is 4.92 Å². The summed E-state index contributed by atoms with van der Waals surface area (Å²) in [7, 11) is 1.62. The van der Waals surface area contributed by atoms with E-state index in [1.54, 1.807) is 13.2 Å². The monoisotopic (exact) mass is 260 g/mol. The minimum absolute atomic E-state index is 0.0304. The highest BCUT2D eigenvalue weighted by molar-refractivity contribution is 5.39. The van der Waals surface area contributed by atoms with E-state index in [1.165, 1.54) is 12.3 Å². The number of anilines is 1. The van der Waals surface area contributed by atoms with Crippen molar-refractivity contribution in [1.29, 1.82) is 0 Å². The van der Waals surface area contributed by atoms with Crippen molar-refractivity contribution in [2.75, 3.05) is 12.4 Å². The highest BCUT2D eigenvalue weighted by Gasteiger charge is 2.10. The Morgan fingerprint density at radius 3 is 2.74 bits per heavy atom. The molecule has 6 nitrogen and oxygen atoms in total. The summed E-state index contributed by atoms with van der Waals surface area (Å²) in [5, 5.41) is 13.7. The van der Waals surface area contributed by atoms with Gasteiger partial charge in [-0.1, -0.05) is 18.2 Å². The number of rotatable bonds is 5. The van der Waals surface area contributed by atoms with Gasteiger partial charge in [0, 0.05) is 17.7 Å². The second-order valence-electron chi connectivity index (χ2n) is 3.88. The molecule has 19 heavy (non-hydrogen) atoms. The molecule has 0 aliphatic rings. The van der Waals surface area contributed by atoms with E-state index in [0.29, 0.717) is 12.4 Å². The molecular weight excluding hydrogens is 246 g/mol. The SMILES string of the molecule is COc1ccccc1CNc1ccc([N+](=O)[O-])c[nH+]1. The predicted molar refractivity (Wildman–Crippen MR) is 70.0 cm³/mol. The first-order valence-electron chi connectivity index (χ1n) is 5.72. The molecule has 2 N–H and O–H groups in total. The van der Waals surface area contributed by atoms with E-state index in [2.05, 4.69) is 10.3 Å². The Labute approximate surface area is 110 Å². The number of pyridine rings is 1. The van der Waals surface area contributed by atoms with E-state index in [1.807, 2.05) is 24.3 Å². The first kappa shape index (κ1) is 12.8. The lowest BCUT2D eigenvalue weighted by Crippen LogP contribution is -2.13. The number of hydrogen-bond acceptors (Lipinski definition) is 4. The van der Waals surface area contributed by atoms with Gasteiger partial charge in [0.2, 0.25) is 0 Å². The van der Waals surface area contributed by atoms with Crippen LogP contribution in [0.3, 0.4) is 0 Å². The van der Waals surface area contributed by atoms with Crippen LogP contribution in [0.2, 0.25) is 0 Å². The topological polar surface area (TPSA) is 78.5 Å². The Morgan fingerprint density at radius 1 is 1.32 bits per heavy atom. The van der Waals surface area contributed by atoms with Crippen LogP contribution in [0.25, 0.3) is 0 Å². The van der Waals surface area contributed by atoms with Crippen molar-refractivity contribution in [3.8, 4) is 5.75 Å². The molecule has 6 heteroatoms. The fourth-order valence-electron chi connectivity index (χ4n) is 1.68. The standard InChI is InChI=1S/C13H13N3O3/c1-19-12-5-3-2-4-10(12)8-14-13-7-6-11(9-15-13)16(17)18/h2-7,9H,8H2,1H3,(H,14,15)/p+1. The largest absolute Gasteiger partial charge is 0.496 e. The summed E-state index contributed by atoms with van der Waals surface area (Å²) in [6, 6.07) is 10.8. The third-order valence-corrected chi connectivity index (χ3v) is 2.67. The van der Waals surface area contributed by atoms with E-state index in [-0.39, 0.29) is 5.69 Å². The predicted octanol–water partition coefficient (Wildman–Crippen LogP) is 2.03. The Morgan fingerprint density at radius 2 is 2.11 bits per heavy atom. The molecule has 1 aromatic heterocycles. The number of aromatic nitrogens is 1. The van der Waals surface area contributed by atoms with Crippen molar-refractivity contribution >= 4 is 11.5 Å². The molecule has 0 fully saturated rings. The van der Waals surface area contributed by atoms with Crippen molar-refractivity contribution in [1.82, 2.24) is 0 Å². The molecule has 0 saturated heterocycles. The van der Waals surface area contributed by atoms with Gasteiger partial charge in [0.05, 0.1) is 12.0 Å². The van der Waals surface area contributed by atoms with Crippen LogP contribution in [0, 0.1) is 10.1 Å². The van der Waals surface area contributed by atoms with Gasteiger partial charge in [-0.15, -0.1) is 0 Å². The van der Waals surface area contributed by atoms with Crippen molar-refractivity contribution in [2.45, 2.75) is 6.54 Å². The first-order chi connectivity index (χ1) is 9.20. The Hall–Kier alpha value is -2.63. The van der Waals surface area contributed by atoms with Crippen molar-refractivity contribution in [3.63, 3.8) is 0 Å². The maximum atomic E-state index is 10.5. The summed E-state index contributed by atoms with van der Waals surface area (Å²) in [4.78, 5) is 12.9. The second kappa shape index (κ2) is 5.81. The smallest absolute Gasteiger partial charge is 0.308 e. The number of nitrogens with zero attached hydrogens (tertiary/aromatic N) is 1. The molecule has 0 aliphatic carbocycles. The molecule has 1 heterocycles. The van der Waals surface area contributed by atoms with E-state index in [0.717, 1.165) is 11.3 Å². The van der Waals surface area contributed by atoms with Crippen molar-refractivity contribution in [2.24, 2.45) is 0 Å². The normalized spacial score (nSPS) is 9.95. The van der Waals surface area contributed by atoms with Crippen LogP contribution in [0.5, 0.6) is 5.75 Å². The Bertz CT molecular complexity index is 570. The zero-order chi connectivity index (χ0) is 13.7. The molecular formula is C13H14N3O3+. The third kappa shape index (κ3) is 3.19. The number of nitro groups is 1. The lowest BCUT2D eigenvalue weighted by atomic mass is 10.2. The fraction of sp³-hybridized carbons (Fsp3) is 0.154. The van der Waals surface area contributed by atoms with Gasteiger partial charge in [0.25, 0.3) is 5.82 Å². The maximum Gasteiger partial charge on any atom is 0.308 e. The minimum Gasteiger partial charge on any atom is -0.496 e. The molecule has 0 saturated carbocycles. The number of ether oxygens (including phenoxy) is 1. The molecule has 0 bridgehead atoms. The third-order valence-electron chi connectivity index (χ3n) is 2.67. The lowest BCUT2D eigenvalue weighted by Gasteiger charge is -2.06. The Balaban J connectivity index is 2.04. The highest BCUT2D eigenvalue weighted by atomic mass is 16.6. The number of nitrogens with one attached hydrogen (secondary N) is 2. The molecule has 0 spiro atoms. The average molecular weight is 260 g/mol. The number of hydrogen-bond donors (Lipinski definition) is 1. The van der Waals surface area contributed by atoms with Crippen molar-refractivity contribution < 1.29 is 14.6 Å². The Kier molecular flexibility index (Phi) is 3.92. The van der Waals surface area contributed by atoms with Crippen molar-refractivity contribution in [3.05, 3.63) is 58.3 Å². The molecule has 0 radical (unpaired) electrons. The van der Waals surface area contributed by atoms with Crippen LogP contribution in [0.1, 0.15) is 5.56 Å². The maximum absolute atomic E-state index is 10.5. The average Bonchev–Trinajstić information content (AvgIpc) is 2.45. The number of H-pyrrole nitrogens is 1. The van der Waals surface area contributed by atoms with Gasteiger partial charge < -0.3 is 4.74 Å². The summed E-state index contributed by atoms with van der Waals surface area (Å²) in [6.07, 6.45) is 1.35. The van der Waals surface area contributed by atoms with Crippen LogP contribution in [0.15, 0.2) is 42.6 Å². The molecule has 0 amide bonds. The zero-order valence-corrected chi connectivity index (χ0v) is 10.4. The summed E-state index contributed by atoms with van der Waals surface area (Å²) < 4.78 is 5.24. The number of aromatic amines is 1. The summed E-state index contributed by atoms with van der Waals surface area (Å²) >= 11 is 0. The second-order valence-corrected chi connectivity index (χ2v) is 3.88.